The number of benzene rings is 2. The van der Waals surface area contributed by atoms with E-state index in [-0.39, 0.29) is 0 Å². The molecule has 4 heteroatoms. The molecule has 0 heterocycles. The summed E-state index contributed by atoms with van der Waals surface area (Å²) in [6.07, 6.45) is 0. The molecule has 0 amide bonds. The predicted octanol–water partition coefficient (Wildman–Crippen LogP) is 2.11. The molecule has 0 aromatic heterocycles. The third-order valence-electron chi connectivity index (χ3n) is 2.03. The quantitative estimate of drug-likeness (QED) is 0.788. The molecular formula is C11H8O3S. The molecule has 0 unspecified atom stereocenters. The lowest BCUT2D eigenvalue weighted by molar-refractivity contribution is 0.491. The minimum atomic E-state index is -4.22. The number of rotatable bonds is 2. The average Bonchev–Trinajstić information content (AvgIpc) is 2.16. The standard InChI is InChI=1S/C11H8O3S/c12-15(13,14)8-10-6-3-5-9-4-1-2-7-11(9)10/h1-7H,(H,12,13,14). The highest BCUT2D eigenvalue weighted by molar-refractivity contribution is 7.88. The van der Waals surface area contributed by atoms with Crippen LogP contribution in [0.3, 0.4) is 0 Å². The van der Waals surface area contributed by atoms with Gasteiger partial charge in [-0.3, -0.25) is 4.55 Å². The second kappa shape index (κ2) is 3.64. The van der Waals surface area contributed by atoms with Gasteiger partial charge in [0.1, 0.15) is 0 Å². The highest BCUT2D eigenvalue weighted by Gasteiger charge is 2.11. The molecule has 0 bridgehead atoms. The van der Waals surface area contributed by atoms with E-state index in [0.29, 0.717) is 5.56 Å². The van der Waals surface area contributed by atoms with E-state index in [1.54, 1.807) is 24.3 Å². The first-order valence-electron chi connectivity index (χ1n) is 4.29. The third-order valence-corrected chi connectivity index (χ3v) is 2.51. The van der Waals surface area contributed by atoms with Gasteiger partial charge in [-0.2, -0.15) is 8.42 Å². The van der Waals surface area contributed by atoms with Crippen LogP contribution in [0.5, 0.6) is 0 Å². The van der Waals surface area contributed by atoms with Crippen molar-refractivity contribution in [3.63, 3.8) is 0 Å². The molecule has 15 heavy (non-hydrogen) atoms. The van der Waals surface area contributed by atoms with E-state index in [1.165, 1.54) is 0 Å². The summed E-state index contributed by atoms with van der Waals surface area (Å²) in [5, 5.41) is 1.66. The first-order chi connectivity index (χ1) is 7.06. The summed E-state index contributed by atoms with van der Waals surface area (Å²) in [6, 6.07) is 12.5. The van der Waals surface area contributed by atoms with E-state index >= 15 is 0 Å². The Bertz CT molecular complexity index is 582. The van der Waals surface area contributed by atoms with Crippen molar-refractivity contribution in [1.29, 1.82) is 0 Å². The summed E-state index contributed by atoms with van der Waals surface area (Å²) in [6.45, 7) is 0. The van der Waals surface area contributed by atoms with Crippen LogP contribution in [0.4, 0.5) is 0 Å². The van der Waals surface area contributed by atoms with Gasteiger partial charge in [-0.05, 0) is 16.3 Å². The van der Waals surface area contributed by atoms with Crippen LogP contribution in [0.25, 0.3) is 10.8 Å². The monoisotopic (exact) mass is 220 g/mol. The van der Waals surface area contributed by atoms with Crippen molar-refractivity contribution in [2.75, 3.05) is 0 Å². The molecule has 0 aliphatic carbocycles. The van der Waals surface area contributed by atoms with Gasteiger partial charge in [0.15, 0.2) is 5.75 Å². The van der Waals surface area contributed by atoms with E-state index in [2.05, 4.69) is 5.75 Å². The molecule has 2 radical (unpaired) electrons. The minimum absolute atomic E-state index is 0.371. The van der Waals surface area contributed by atoms with Crippen LogP contribution in [0.1, 0.15) is 5.56 Å². The lowest BCUT2D eigenvalue weighted by Gasteiger charge is -2.02. The normalized spacial score (nSPS) is 11.8. The van der Waals surface area contributed by atoms with Crippen molar-refractivity contribution in [2.45, 2.75) is 0 Å². The SMILES string of the molecule is O=S(=O)(O)[C]c1cccc2ccccc12. The first-order valence-corrected chi connectivity index (χ1v) is 5.73. The highest BCUT2D eigenvalue weighted by Crippen LogP contribution is 2.20. The Morgan fingerprint density at radius 2 is 1.67 bits per heavy atom. The zero-order valence-electron chi connectivity index (χ0n) is 7.71. The largest absolute Gasteiger partial charge is 0.285 e. The van der Waals surface area contributed by atoms with Crippen molar-refractivity contribution in [1.82, 2.24) is 0 Å². The van der Waals surface area contributed by atoms with Crippen molar-refractivity contribution >= 4 is 20.9 Å². The topological polar surface area (TPSA) is 54.4 Å². The second-order valence-corrected chi connectivity index (χ2v) is 4.26. The Hall–Kier alpha value is -1.39. The van der Waals surface area contributed by atoms with E-state index in [0.717, 1.165) is 10.8 Å². The van der Waals surface area contributed by atoms with Crippen molar-refractivity contribution in [3.8, 4) is 0 Å². The second-order valence-electron chi connectivity index (χ2n) is 3.10. The maximum absolute atomic E-state index is 10.7. The highest BCUT2D eigenvalue weighted by atomic mass is 32.2. The Labute approximate surface area is 88.1 Å². The van der Waals surface area contributed by atoms with Crippen molar-refractivity contribution in [3.05, 3.63) is 53.8 Å². The molecule has 0 aliphatic heterocycles. The molecule has 1 N–H and O–H groups in total. The molecule has 0 saturated heterocycles. The fraction of sp³-hybridized carbons (Fsp3) is 0. The van der Waals surface area contributed by atoms with Crippen molar-refractivity contribution < 1.29 is 13.0 Å². The fourth-order valence-corrected chi connectivity index (χ4v) is 1.91. The Balaban J connectivity index is 2.61. The molecule has 0 aliphatic rings. The van der Waals surface area contributed by atoms with Gasteiger partial charge in [-0.1, -0.05) is 42.5 Å². The van der Waals surface area contributed by atoms with Gasteiger partial charge in [0, 0.05) is 0 Å². The minimum Gasteiger partial charge on any atom is -0.285 e. The number of fused-ring (bicyclic) bond motifs is 1. The zero-order chi connectivity index (χ0) is 10.9. The van der Waals surface area contributed by atoms with Crippen LogP contribution in [0, 0.1) is 5.75 Å². The average molecular weight is 220 g/mol. The van der Waals surface area contributed by atoms with E-state index in [1.807, 2.05) is 18.2 Å². The Kier molecular flexibility index (Phi) is 2.46. The lowest BCUT2D eigenvalue weighted by Crippen LogP contribution is -1.99. The third kappa shape index (κ3) is 2.34. The summed E-state index contributed by atoms with van der Waals surface area (Å²) in [5.74, 6) is 2.05. The van der Waals surface area contributed by atoms with Crippen LogP contribution < -0.4 is 0 Å². The molecule has 76 valence electrons. The van der Waals surface area contributed by atoms with E-state index < -0.39 is 10.1 Å². The van der Waals surface area contributed by atoms with E-state index in [4.69, 9.17) is 4.55 Å². The number of hydrogen-bond donors (Lipinski definition) is 1. The molecule has 2 aromatic carbocycles. The number of hydrogen-bond acceptors (Lipinski definition) is 2. The molecule has 0 atom stereocenters. The van der Waals surface area contributed by atoms with E-state index in [9.17, 15) is 8.42 Å². The van der Waals surface area contributed by atoms with Crippen molar-refractivity contribution in [2.24, 2.45) is 0 Å². The zero-order valence-corrected chi connectivity index (χ0v) is 8.53. The first kappa shape index (κ1) is 10.1. The molecule has 3 nitrogen and oxygen atoms in total. The molecular weight excluding hydrogens is 212 g/mol. The van der Waals surface area contributed by atoms with Gasteiger partial charge in [-0.25, -0.2) is 0 Å². The summed E-state index contributed by atoms with van der Waals surface area (Å²) in [5.41, 5.74) is 0.371. The lowest BCUT2D eigenvalue weighted by atomic mass is 10.1. The summed E-state index contributed by atoms with van der Waals surface area (Å²) >= 11 is 0. The van der Waals surface area contributed by atoms with Gasteiger partial charge in [0.25, 0.3) is 10.1 Å². The van der Waals surface area contributed by atoms with Crippen LogP contribution in [-0.4, -0.2) is 13.0 Å². The Morgan fingerprint density at radius 3 is 2.40 bits per heavy atom. The van der Waals surface area contributed by atoms with Gasteiger partial charge in [0.05, 0.1) is 0 Å². The molecule has 0 saturated carbocycles. The predicted molar refractivity (Wildman–Crippen MR) is 57.8 cm³/mol. The van der Waals surface area contributed by atoms with Crippen LogP contribution in [0.2, 0.25) is 0 Å². The van der Waals surface area contributed by atoms with Crippen LogP contribution in [-0.2, 0) is 10.1 Å². The summed E-state index contributed by atoms with van der Waals surface area (Å²) in [7, 11) is -4.22. The molecule has 2 rings (SSSR count). The van der Waals surface area contributed by atoms with Gasteiger partial charge < -0.3 is 0 Å². The molecule has 2 aromatic rings. The smallest absolute Gasteiger partial charge is 0.279 e. The van der Waals surface area contributed by atoms with Crippen LogP contribution >= 0.6 is 0 Å². The summed E-state index contributed by atoms with van der Waals surface area (Å²) in [4.78, 5) is 0. The fourth-order valence-electron chi connectivity index (χ4n) is 1.45. The maximum Gasteiger partial charge on any atom is 0.279 e. The molecule has 0 fully saturated rings. The molecule has 0 spiro atoms. The Morgan fingerprint density at radius 1 is 1.00 bits per heavy atom. The van der Waals surface area contributed by atoms with Gasteiger partial charge in [0.2, 0.25) is 0 Å². The van der Waals surface area contributed by atoms with Crippen LogP contribution in [0.15, 0.2) is 42.5 Å². The van der Waals surface area contributed by atoms with Gasteiger partial charge in [-0.15, -0.1) is 0 Å². The van der Waals surface area contributed by atoms with Gasteiger partial charge >= 0.3 is 0 Å². The summed E-state index contributed by atoms with van der Waals surface area (Å²) < 4.78 is 30.1. The maximum atomic E-state index is 10.7.